The summed E-state index contributed by atoms with van der Waals surface area (Å²) < 4.78 is 46.3. The van der Waals surface area contributed by atoms with E-state index in [-0.39, 0.29) is 26.1 Å². The molecule has 2 nitrogen and oxygen atoms in total. The summed E-state index contributed by atoms with van der Waals surface area (Å²) >= 11 is -4.97. The molecule has 0 unspecified atom stereocenters. The minimum absolute atomic E-state index is 0.0404. The average Bonchev–Trinajstić information content (AvgIpc) is 2.02. The highest BCUT2D eigenvalue weighted by Gasteiger charge is 2.33. The van der Waals surface area contributed by atoms with Crippen LogP contribution >= 0.6 is 11.2 Å². The summed E-state index contributed by atoms with van der Waals surface area (Å²) in [6.07, 6.45) is 0.0807. The molecule has 0 aliphatic carbocycles. The second kappa shape index (κ2) is 6.50. The quantitative estimate of drug-likeness (QED) is 0.656. The molecule has 0 aliphatic heterocycles. The lowest BCUT2D eigenvalue weighted by atomic mass is 10.2. The van der Waals surface area contributed by atoms with Crippen LogP contribution in [0.4, 0.5) is 11.7 Å². The first-order chi connectivity index (χ1) is 6.02. The Labute approximate surface area is 78.6 Å². The van der Waals surface area contributed by atoms with Crippen molar-refractivity contribution in [3.63, 3.8) is 0 Å². The summed E-state index contributed by atoms with van der Waals surface area (Å²) in [6.45, 7) is 0.307. The molecule has 82 valence electrons. The van der Waals surface area contributed by atoms with Gasteiger partial charge < -0.3 is 9.47 Å². The Morgan fingerprint density at radius 2 is 1.38 bits per heavy atom. The third-order valence-electron chi connectivity index (χ3n) is 1.67. The Hall–Kier alpha value is 0.0600. The first-order valence-electron chi connectivity index (χ1n) is 3.91. The first kappa shape index (κ1) is 13.1. The second-order valence-corrected chi connectivity index (χ2v) is 4.18. The average molecular weight is 220 g/mol. The molecule has 0 aromatic carbocycles. The fourth-order valence-corrected chi connectivity index (χ4v) is 1.64. The van der Waals surface area contributed by atoms with Crippen LogP contribution in [0.1, 0.15) is 12.8 Å². The van der Waals surface area contributed by atoms with E-state index in [0.717, 1.165) is 0 Å². The smallest absolute Gasteiger partial charge is 0.212 e. The maximum Gasteiger partial charge on any atom is 0.212 e. The van der Waals surface area contributed by atoms with Gasteiger partial charge in [0.15, 0.2) is 0 Å². The lowest BCUT2D eigenvalue weighted by Gasteiger charge is -2.21. The first-order valence-corrected chi connectivity index (χ1v) is 5.31. The van der Waals surface area contributed by atoms with Gasteiger partial charge in [-0.2, -0.15) is 0 Å². The van der Waals surface area contributed by atoms with E-state index in [9.17, 15) is 11.7 Å². The third-order valence-corrected chi connectivity index (χ3v) is 2.89. The van der Waals surface area contributed by atoms with Crippen LogP contribution in [0, 0.1) is 0 Å². The van der Waals surface area contributed by atoms with E-state index in [4.69, 9.17) is 0 Å². The molecule has 0 N–H and O–H groups in total. The molecule has 0 atom stereocenters. The van der Waals surface area contributed by atoms with Crippen LogP contribution in [0.2, 0.25) is 0 Å². The zero-order valence-electron chi connectivity index (χ0n) is 7.76. The molecular weight excluding hydrogens is 205 g/mol. The van der Waals surface area contributed by atoms with Crippen molar-refractivity contribution in [1.82, 2.24) is 0 Å². The molecule has 0 amide bonds. The van der Waals surface area contributed by atoms with Crippen molar-refractivity contribution in [1.29, 1.82) is 0 Å². The number of hydrogen-bond acceptors (Lipinski definition) is 2. The maximum absolute atomic E-state index is 12.3. The molecule has 13 heavy (non-hydrogen) atoms. The normalized spacial score (nSPS) is 13.7. The van der Waals surface area contributed by atoms with Gasteiger partial charge in [-0.1, -0.05) is 0 Å². The fraction of sp³-hybridized carbons (Fsp3) is 1.00. The number of hydrogen-bond donors (Lipinski definition) is 0. The topological polar surface area (TPSA) is 18.5 Å². The third kappa shape index (κ3) is 6.17. The van der Waals surface area contributed by atoms with Crippen molar-refractivity contribution >= 4 is 11.2 Å². The summed E-state index contributed by atoms with van der Waals surface area (Å²) in [5.74, 6) is 0. The van der Waals surface area contributed by atoms with Crippen LogP contribution < -0.4 is 0 Å². The Morgan fingerprint density at radius 3 is 1.62 bits per heavy atom. The molecule has 0 heterocycles. The number of rotatable bonds is 7. The van der Waals surface area contributed by atoms with Crippen LogP contribution in [0.3, 0.4) is 0 Å². The largest absolute Gasteiger partial charge is 0.385 e. The van der Waals surface area contributed by atoms with Gasteiger partial charge in [-0.3, -0.25) is 0 Å². The molecule has 0 saturated heterocycles. The molecule has 0 bridgehead atoms. The predicted molar refractivity (Wildman–Crippen MR) is 47.7 cm³/mol. The van der Waals surface area contributed by atoms with Crippen molar-refractivity contribution in [3.8, 4) is 0 Å². The van der Waals surface area contributed by atoms with E-state index in [2.05, 4.69) is 9.47 Å². The van der Waals surface area contributed by atoms with Gasteiger partial charge in [-0.25, -0.2) is 0 Å². The monoisotopic (exact) mass is 220 g/mol. The van der Waals surface area contributed by atoms with Gasteiger partial charge in [-0.05, 0) is 12.8 Å². The molecule has 0 spiro atoms. The van der Waals surface area contributed by atoms with Crippen LogP contribution in [-0.4, -0.2) is 32.7 Å². The standard InChI is InChI=1S/C7H15F3O2S/c1-11-5-3-7(4-6-12-2)13(8,9)10/h7H,3-6H2,1-2H3. The van der Waals surface area contributed by atoms with Crippen LogP contribution in [0.5, 0.6) is 0 Å². The molecule has 0 saturated carbocycles. The van der Waals surface area contributed by atoms with Gasteiger partial charge in [0.25, 0.3) is 0 Å². The van der Waals surface area contributed by atoms with Crippen LogP contribution in [-0.2, 0) is 9.47 Å². The molecule has 0 aromatic rings. The van der Waals surface area contributed by atoms with Crippen molar-refractivity contribution in [3.05, 3.63) is 0 Å². The van der Waals surface area contributed by atoms with Crippen molar-refractivity contribution in [2.45, 2.75) is 18.1 Å². The Balaban J connectivity index is 3.88. The zero-order chi connectivity index (χ0) is 10.3. The Morgan fingerprint density at radius 1 is 1.00 bits per heavy atom. The van der Waals surface area contributed by atoms with Crippen LogP contribution in [0.15, 0.2) is 0 Å². The fourth-order valence-electron chi connectivity index (χ4n) is 0.910. The predicted octanol–water partition coefficient (Wildman–Crippen LogP) is 2.89. The van der Waals surface area contributed by atoms with Gasteiger partial charge in [0.1, 0.15) is 0 Å². The molecule has 6 heteroatoms. The number of halogens is 3. The van der Waals surface area contributed by atoms with E-state index < -0.39 is 16.4 Å². The summed E-state index contributed by atoms with van der Waals surface area (Å²) in [5.41, 5.74) is 0. The number of methoxy groups -OCH3 is 2. The van der Waals surface area contributed by atoms with E-state index >= 15 is 0 Å². The maximum atomic E-state index is 12.3. The van der Waals surface area contributed by atoms with Gasteiger partial charge >= 0.3 is 0 Å². The second-order valence-electron chi connectivity index (χ2n) is 2.63. The highest BCUT2D eigenvalue weighted by molar-refractivity contribution is 8.21. The highest BCUT2D eigenvalue weighted by atomic mass is 32.3. The Kier molecular flexibility index (Phi) is 6.53. The van der Waals surface area contributed by atoms with Gasteiger partial charge in [0.05, 0.1) is 5.25 Å². The van der Waals surface area contributed by atoms with E-state index in [1.54, 1.807) is 0 Å². The molecule has 0 aliphatic rings. The molecule has 0 radical (unpaired) electrons. The molecule has 0 aromatic heterocycles. The molecular formula is C7H15F3O2S. The highest BCUT2D eigenvalue weighted by Crippen LogP contribution is 2.59. The SMILES string of the molecule is COCCC(CCOC)S(F)(F)F. The Bertz CT molecular complexity index is 121. The lowest BCUT2D eigenvalue weighted by Crippen LogP contribution is -2.14. The minimum Gasteiger partial charge on any atom is -0.385 e. The van der Waals surface area contributed by atoms with Crippen molar-refractivity contribution in [2.24, 2.45) is 0 Å². The number of ether oxygens (including phenoxy) is 2. The minimum atomic E-state index is -4.97. The summed E-state index contributed by atoms with van der Waals surface area (Å²) in [7, 11) is 2.80. The van der Waals surface area contributed by atoms with Gasteiger partial charge in [0.2, 0.25) is 11.2 Å². The van der Waals surface area contributed by atoms with E-state index in [1.165, 1.54) is 14.2 Å². The summed E-state index contributed by atoms with van der Waals surface area (Å²) in [6, 6.07) is 0. The van der Waals surface area contributed by atoms with Gasteiger partial charge in [0, 0.05) is 27.4 Å². The van der Waals surface area contributed by atoms with E-state index in [1.807, 2.05) is 0 Å². The van der Waals surface area contributed by atoms with E-state index in [0.29, 0.717) is 0 Å². The van der Waals surface area contributed by atoms with Gasteiger partial charge in [-0.15, -0.1) is 11.7 Å². The zero-order valence-corrected chi connectivity index (χ0v) is 8.58. The molecule has 0 rings (SSSR count). The summed E-state index contributed by atoms with van der Waals surface area (Å²) in [5, 5.41) is -1.23. The van der Waals surface area contributed by atoms with Crippen molar-refractivity contribution in [2.75, 3.05) is 27.4 Å². The lowest BCUT2D eigenvalue weighted by molar-refractivity contribution is 0.172. The summed E-state index contributed by atoms with van der Waals surface area (Å²) in [4.78, 5) is 0. The molecule has 0 fully saturated rings. The van der Waals surface area contributed by atoms with Crippen molar-refractivity contribution < 1.29 is 21.1 Å². The van der Waals surface area contributed by atoms with Crippen LogP contribution in [0.25, 0.3) is 0 Å².